The molecule has 1 fully saturated rings. The molecule has 1 aliphatic heterocycles. The average Bonchev–Trinajstić information content (AvgIpc) is 3.02. The number of aromatic nitrogens is 2. The number of nitrogens with one attached hydrogen (secondary N) is 2. The van der Waals surface area contributed by atoms with Gasteiger partial charge in [0.05, 0.1) is 0 Å². The fourth-order valence-corrected chi connectivity index (χ4v) is 3.10. The molecule has 0 bridgehead atoms. The van der Waals surface area contributed by atoms with Crippen molar-refractivity contribution < 1.29 is 0 Å². The molecule has 4 nitrogen and oxygen atoms in total. The molecule has 0 unspecified atom stereocenters. The average molecular weight is 284 g/mol. The standard InChI is InChI=1S/C17H24N4/c1-14-11-16(18-12-17-7-9-19-20-17)8-10-21(14)13-15-5-3-2-4-6-15/h2-7,9,14,16,18H,8,10-13H2,1H3,(H,19,20)/t14-,16+/m1/s1. The maximum Gasteiger partial charge on any atom is 0.0490 e. The van der Waals surface area contributed by atoms with Gasteiger partial charge in [-0.25, -0.2) is 0 Å². The van der Waals surface area contributed by atoms with Crippen LogP contribution in [0.1, 0.15) is 31.0 Å². The zero-order chi connectivity index (χ0) is 14.5. The van der Waals surface area contributed by atoms with Gasteiger partial charge in [0.15, 0.2) is 0 Å². The van der Waals surface area contributed by atoms with Crippen LogP contribution < -0.4 is 5.32 Å². The first kappa shape index (κ1) is 14.3. The first-order chi connectivity index (χ1) is 10.3. The molecule has 4 heteroatoms. The number of hydrogen-bond acceptors (Lipinski definition) is 3. The maximum atomic E-state index is 3.99. The summed E-state index contributed by atoms with van der Waals surface area (Å²) in [4.78, 5) is 2.59. The molecule has 1 saturated heterocycles. The van der Waals surface area contributed by atoms with Crippen molar-refractivity contribution in [1.29, 1.82) is 0 Å². The quantitative estimate of drug-likeness (QED) is 0.887. The highest BCUT2D eigenvalue weighted by molar-refractivity contribution is 5.14. The number of hydrogen-bond donors (Lipinski definition) is 2. The highest BCUT2D eigenvalue weighted by Gasteiger charge is 2.24. The Hall–Kier alpha value is -1.65. The molecule has 0 radical (unpaired) electrons. The van der Waals surface area contributed by atoms with E-state index in [1.807, 2.05) is 12.3 Å². The van der Waals surface area contributed by atoms with Gasteiger partial charge in [0.25, 0.3) is 0 Å². The van der Waals surface area contributed by atoms with Crippen LogP contribution >= 0.6 is 0 Å². The van der Waals surface area contributed by atoms with E-state index in [-0.39, 0.29) is 0 Å². The van der Waals surface area contributed by atoms with Gasteiger partial charge in [0.1, 0.15) is 0 Å². The van der Waals surface area contributed by atoms with E-state index in [9.17, 15) is 0 Å². The molecule has 2 atom stereocenters. The van der Waals surface area contributed by atoms with E-state index in [0.29, 0.717) is 12.1 Å². The smallest absolute Gasteiger partial charge is 0.0490 e. The Morgan fingerprint density at radius 1 is 1.29 bits per heavy atom. The van der Waals surface area contributed by atoms with Crippen molar-refractivity contribution in [3.63, 3.8) is 0 Å². The topological polar surface area (TPSA) is 44.0 Å². The Balaban J connectivity index is 1.47. The third-order valence-corrected chi connectivity index (χ3v) is 4.38. The van der Waals surface area contributed by atoms with Crippen LogP contribution in [0.3, 0.4) is 0 Å². The fourth-order valence-electron chi connectivity index (χ4n) is 3.10. The second kappa shape index (κ2) is 6.87. The molecule has 0 spiro atoms. The normalized spacial score (nSPS) is 23.3. The summed E-state index contributed by atoms with van der Waals surface area (Å²) in [5.74, 6) is 0. The Labute approximate surface area is 126 Å². The maximum absolute atomic E-state index is 3.99. The van der Waals surface area contributed by atoms with Crippen molar-refractivity contribution >= 4 is 0 Å². The van der Waals surface area contributed by atoms with Gasteiger partial charge in [-0.15, -0.1) is 0 Å². The first-order valence-electron chi connectivity index (χ1n) is 7.81. The molecular formula is C17H24N4. The van der Waals surface area contributed by atoms with Gasteiger partial charge < -0.3 is 5.32 Å². The Kier molecular flexibility index (Phi) is 4.68. The van der Waals surface area contributed by atoms with Crippen molar-refractivity contribution in [1.82, 2.24) is 20.4 Å². The van der Waals surface area contributed by atoms with Crippen LogP contribution in [0.4, 0.5) is 0 Å². The van der Waals surface area contributed by atoms with Crippen LogP contribution in [-0.2, 0) is 13.1 Å². The minimum absolute atomic E-state index is 0.607. The van der Waals surface area contributed by atoms with E-state index in [0.717, 1.165) is 25.3 Å². The van der Waals surface area contributed by atoms with Crippen LogP contribution in [0.2, 0.25) is 0 Å². The van der Waals surface area contributed by atoms with Gasteiger partial charge in [-0.3, -0.25) is 10.00 Å². The molecule has 1 aromatic heterocycles. The summed E-state index contributed by atoms with van der Waals surface area (Å²) in [6.07, 6.45) is 4.23. The number of likely N-dealkylation sites (tertiary alicyclic amines) is 1. The van der Waals surface area contributed by atoms with E-state index in [1.165, 1.54) is 18.4 Å². The molecule has 0 saturated carbocycles. The largest absolute Gasteiger partial charge is 0.308 e. The predicted molar refractivity (Wildman–Crippen MR) is 84.8 cm³/mol. The second-order valence-corrected chi connectivity index (χ2v) is 5.99. The summed E-state index contributed by atoms with van der Waals surface area (Å²) in [5.41, 5.74) is 2.57. The van der Waals surface area contributed by atoms with E-state index >= 15 is 0 Å². The van der Waals surface area contributed by atoms with E-state index in [2.05, 4.69) is 57.7 Å². The van der Waals surface area contributed by atoms with Gasteiger partial charge in [0, 0.05) is 43.6 Å². The number of benzene rings is 1. The molecule has 2 N–H and O–H groups in total. The highest BCUT2D eigenvalue weighted by atomic mass is 15.2. The van der Waals surface area contributed by atoms with Crippen molar-refractivity contribution in [2.45, 2.75) is 44.9 Å². The van der Waals surface area contributed by atoms with Crippen LogP contribution in [0, 0.1) is 0 Å². The molecule has 1 aromatic carbocycles. The predicted octanol–water partition coefficient (Wildman–Crippen LogP) is 2.55. The number of nitrogens with zero attached hydrogens (tertiary/aromatic N) is 2. The van der Waals surface area contributed by atoms with Crippen LogP contribution in [0.25, 0.3) is 0 Å². The third-order valence-electron chi connectivity index (χ3n) is 4.38. The summed E-state index contributed by atoms with van der Waals surface area (Å²) in [5, 5.41) is 10.6. The van der Waals surface area contributed by atoms with Gasteiger partial charge in [-0.1, -0.05) is 30.3 Å². The first-order valence-corrected chi connectivity index (χ1v) is 7.81. The molecule has 0 aliphatic carbocycles. The molecule has 112 valence electrons. The van der Waals surface area contributed by atoms with Crippen molar-refractivity contribution in [3.05, 3.63) is 53.9 Å². The van der Waals surface area contributed by atoms with Crippen molar-refractivity contribution in [2.24, 2.45) is 0 Å². The minimum atomic E-state index is 0.607. The second-order valence-electron chi connectivity index (χ2n) is 5.99. The molecule has 1 aliphatic rings. The number of piperidine rings is 1. The zero-order valence-corrected chi connectivity index (χ0v) is 12.6. The number of rotatable bonds is 5. The summed E-state index contributed by atoms with van der Waals surface area (Å²) < 4.78 is 0. The molecule has 3 rings (SSSR count). The van der Waals surface area contributed by atoms with Gasteiger partial charge >= 0.3 is 0 Å². The van der Waals surface area contributed by atoms with Crippen LogP contribution in [-0.4, -0.2) is 33.7 Å². The van der Waals surface area contributed by atoms with Crippen molar-refractivity contribution in [2.75, 3.05) is 6.54 Å². The Bertz CT molecular complexity index is 523. The Morgan fingerprint density at radius 3 is 2.86 bits per heavy atom. The van der Waals surface area contributed by atoms with Gasteiger partial charge in [-0.2, -0.15) is 5.10 Å². The summed E-state index contributed by atoms with van der Waals surface area (Å²) in [6.45, 7) is 5.45. The monoisotopic (exact) mass is 284 g/mol. The summed E-state index contributed by atoms with van der Waals surface area (Å²) in [7, 11) is 0. The van der Waals surface area contributed by atoms with Gasteiger partial charge in [0.2, 0.25) is 0 Å². The third kappa shape index (κ3) is 3.93. The Morgan fingerprint density at radius 2 is 2.14 bits per heavy atom. The number of H-pyrrole nitrogens is 1. The lowest BCUT2D eigenvalue weighted by Gasteiger charge is -2.38. The van der Waals surface area contributed by atoms with Gasteiger partial charge in [-0.05, 0) is 31.4 Å². The van der Waals surface area contributed by atoms with Crippen molar-refractivity contribution in [3.8, 4) is 0 Å². The SMILES string of the molecule is C[C@@H]1C[C@@H](NCc2ccn[nH]2)CCN1Cc1ccccc1. The molecule has 2 aromatic rings. The summed E-state index contributed by atoms with van der Waals surface area (Å²) in [6, 6.07) is 14.0. The lowest BCUT2D eigenvalue weighted by molar-refractivity contribution is 0.128. The lowest BCUT2D eigenvalue weighted by atomic mass is 9.97. The molecule has 21 heavy (non-hydrogen) atoms. The summed E-state index contributed by atoms with van der Waals surface area (Å²) >= 11 is 0. The van der Waals surface area contributed by atoms with E-state index in [1.54, 1.807) is 0 Å². The molecule has 0 amide bonds. The fraction of sp³-hybridized carbons (Fsp3) is 0.471. The molecule has 2 heterocycles. The number of aromatic amines is 1. The zero-order valence-electron chi connectivity index (χ0n) is 12.6. The lowest BCUT2D eigenvalue weighted by Crippen LogP contribution is -2.46. The van der Waals surface area contributed by atoms with Crippen LogP contribution in [0.15, 0.2) is 42.6 Å². The van der Waals surface area contributed by atoms with E-state index in [4.69, 9.17) is 0 Å². The molecular weight excluding hydrogens is 260 g/mol. The highest BCUT2D eigenvalue weighted by Crippen LogP contribution is 2.20. The van der Waals surface area contributed by atoms with E-state index < -0.39 is 0 Å². The minimum Gasteiger partial charge on any atom is -0.308 e. The van der Waals surface area contributed by atoms with Crippen LogP contribution in [0.5, 0.6) is 0 Å².